The van der Waals surface area contributed by atoms with Crippen molar-refractivity contribution in [2.75, 3.05) is 20.3 Å². The molecule has 2 heterocycles. The van der Waals surface area contributed by atoms with Gasteiger partial charge in [-0.1, -0.05) is 12.1 Å². The molecule has 2 saturated heterocycles. The van der Waals surface area contributed by atoms with Crippen molar-refractivity contribution in [2.24, 2.45) is 0 Å². The average Bonchev–Trinajstić information content (AvgIpc) is 3.02. The molecular formula is C17H24O7. The number of hydrogen-bond donors (Lipinski definition) is 2. The molecule has 0 aromatic heterocycles. The Bertz CT molecular complexity index is 553. The summed E-state index contributed by atoms with van der Waals surface area (Å²) in [6.07, 6.45) is -1.85. The van der Waals surface area contributed by atoms with E-state index in [2.05, 4.69) is 0 Å². The lowest BCUT2D eigenvalue weighted by Crippen LogP contribution is -2.52. The van der Waals surface area contributed by atoms with Crippen molar-refractivity contribution in [3.63, 3.8) is 0 Å². The van der Waals surface area contributed by atoms with Gasteiger partial charge in [-0.2, -0.15) is 0 Å². The van der Waals surface area contributed by atoms with Crippen LogP contribution in [0.25, 0.3) is 0 Å². The second-order valence-electron chi connectivity index (χ2n) is 6.55. The third-order valence-electron chi connectivity index (χ3n) is 4.38. The average molecular weight is 340 g/mol. The van der Waals surface area contributed by atoms with Crippen LogP contribution in [0.1, 0.15) is 19.4 Å². The highest BCUT2D eigenvalue weighted by molar-refractivity contribution is 5.26. The second kappa shape index (κ2) is 6.59. The molecule has 134 valence electrons. The Morgan fingerprint density at radius 3 is 2.29 bits per heavy atom. The van der Waals surface area contributed by atoms with Crippen LogP contribution in [0.4, 0.5) is 0 Å². The zero-order chi connectivity index (χ0) is 17.4. The second-order valence-corrected chi connectivity index (χ2v) is 6.55. The van der Waals surface area contributed by atoms with Crippen molar-refractivity contribution in [1.82, 2.24) is 0 Å². The van der Waals surface area contributed by atoms with Gasteiger partial charge in [0.1, 0.15) is 23.6 Å². The van der Waals surface area contributed by atoms with Crippen LogP contribution >= 0.6 is 0 Å². The minimum atomic E-state index is -1.25. The van der Waals surface area contributed by atoms with E-state index in [4.69, 9.17) is 23.7 Å². The number of fused-ring (bicyclic) bond motifs is 1. The molecule has 0 aliphatic carbocycles. The third-order valence-corrected chi connectivity index (χ3v) is 4.38. The molecule has 2 N–H and O–H groups in total. The molecule has 0 spiro atoms. The predicted octanol–water partition coefficient (Wildman–Crippen LogP) is 0.812. The van der Waals surface area contributed by atoms with E-state index in [0.29, 0.717) is 0 Å². The molecule has 2 aliphatic rings. The molecule has 3 rings (SSSR count). The van der Waals surface area contributed by atoms with Gasteiger partial charge in [0.15, 0.2) is 12.1 Å². The molecule has 1 aromatic carbocycles. The normalized spacial score (nSPS) is 30.3. The highest BCUT2D eigenvalue weighted by Gasteiger charge is 2.62. The number of rotatable bonds is 6. The van der Waals surface area contributed by atoms with Crippen molar-refractivity contribution >= 4 is 0 Å². The number of hydrogen-bond acceptors (Lipinski definition) is 7. The van der Waals surface area contributed by atoms with E-state index >= 15 is 0 Å². The van der Waals surface area contributed by atoms with Gasteiger partial charge in [0.05, 0.1) is 26.9 Å². The largest absolute Gasteiger partial charge is 0.497 e. The van der Waals surface area contributed by atoms with Crippen molar-refractivity contribution in [2.45, 2.75) is 50.3 Å². The Balaban J connectivity index is 1.74. The summed E-state index contributed by atoms with van der Waals surface area (Å²) in [5.74, 6) is -0.0361. The van der Waals surface area contributed by atoms with Gasteiger partial charge < -0.3 is 33.9 Å². The molecule has 0 bridgehead atoms. The van der Waals surface area contributed by atoms with Crippen LogP contribution in [0.15, 0.2) is 24.3 Å². The highest BCUT2D eigenvalue weighted by Crippen LogP contribution is 2.43. The minimum Gasteiger partial charge on any atom is -0.497 e. The lowest BCUT2D eigenvalue weighted by atomic mass is 9.97. The lowest BCUT2D eigenvalue weighted by molar-refractivity contribution is -0.258. The highest BCUT2D eigenvalue weighted by atomic mass is 16.8. The zero-order valence-corrected chi connectivity index (χ0v) is 14.1. The van der Waals surface area contributed by atoms with Crippen LogP contribution in [0.5, 0.6) is 5.75 Å². The molecular weight excluding hydrogens is 316 g/mol. The number of methoxy groups -OCH3 is 1. The Morgan fingerprint density at radius 1 is 1.04 bits per heavy atom. The summed E-state index contributed by atoms with van der Waals surface area (Å²) < 4.78 is 28.4. The van der Waals surface area contributed by atoms with Gasteiger partial charge in [-0.3, -0.25) is 0 Å². The molecule has 1 aromatic rings. The summed E-state index contributed by atoms with van der Waals surface area (Å²) in [6.45, 7) is 3.07. The molecule has 7 nitrogen and oxygen atoms in total. The van der Waals surface area contributed by atoms with E-state index < -0.39 is 43.1 Å². The summed E-state index contributed by atoms with van der Waals surface area (Å²) in [5.41, 5.74) is -0.319. The topological polar surface area (TPSA) is 86.6 Å². The fourth-order valence-corrected chi connectivity index (χ4v) is 3.11. The van der Waals surface area contributed by atoms with E-state index in [1.165, 1.54) is 0 Å². The maximum Gasteiger partial charge on any atom is 0.190 e. The third kappa shape index (κ3) is 3.15. The fourth-order valence-electron chi connectivity index (χ4n) is 3.11. The van der Waals surface area contributed by atoms with Gasteiger partial charge in [0, 0.05) is 0 Å². The maximum atomic E-state index is 9.75. The summed E-state index contributed by atoms with van der Waals surface area (Å²) in [5, 5.41) is 19.5. The molecule has 0 saturated carbocycles. The van der Waals surface area contributed by atoms with Gasteiger partial charge in [0.2, 0.25) is 0 Å². The Kier molecular flexibility index (Phi) is 4.83. The molecule has 7 heteroatoms. The number of aliphatic hydroxyl groups is 2. The quantitative estimate of drug-likeness (QED) is 0.792. The first-order chi connectivity index (χ1) is 11.4. The Labute approximate surface area is 141 Å². The van der Waals surface area contributed by atoms with Crippen LogP contribution < -0.4 is 4.74 Å². The smallest absolute Gasteiger partial charge is 0.190 e. The van der Waals surface area contributed by atoms with Gasteiger partial charge in [0.25, 0.3) is 0 Å². The molecule has 2 fully saturated rings. The van der Waals surface area contributed by atoms with Crippen molar-refractivity contribution in [3.8, 4) is 5.75 Å². The van der Waals surface area contributed by atoms with E-state index in [-0.39, 0.29) is 6.61 Å². The van der Waals surface area contributed by atoms with Crippen molar-refractivity contribution in [1.29, 1.82) is 0 Å². The maximum absolute atomic E-state index is 9.75. The predicted molar refractivity (Wildman–Crippen MR) is 83.4 cm³/mol. The van der Waals surface area contributed by atoms with E-state index in [1.54, 1.807) is 21.0 Å². The van der Waals surface area contributed by atoms with Gasteiger partial charge in [-0.25, -0.2) is 0 Å². The van der Waals surface area contributed by atoms with Crippen LogP contribution in [0, 0.1) is 0 Å². The van der Waals surface area contributed by atoms with Crippen LogP contribution in [0.2, 0.25) is 0 Å². The van der Waals surface area contributed by atoms with Gasteiger partial charge >= 0.3 is 0 Å². The standard InChI is InChI=1S/C17H24O7/c1-16(2)22-13-14(17(9-18,10-19)24-15(13)23-16)21-8-11-4-6-12(20-3)7-5-11/h4-7,13-15,18-19H,8-10H2,1-3H3/t13-,14-,15+/m1/s1. The summed E-state index contributed by atoms with van der Waals surface area (Å²) in [6, 6.07) is 7.47. The Hall–Kier alpha value is -1.22. The first kappa shape index (κ1) is 17.6. The molecule has 0 amide bonds. The number of ether oxygens (including phenoxy) is 5. The molecule has 24 heavy (non-hydrogen) atoms. The summed E-state index contributed by atoms with van der Waals surface area (Å²) in [4.78, 5) is 0. The van der Waals surface area contributed by atoms with E-state index in [0.717, 1.165) is 11.3 Å². The summed E-state index contributed by atoms with van der Waals surface area (Å²) in [7, 11) is 1.61. The fraction of sp³-hybridized carbons (Fsp3) is 0.647. The number of aliphatic hydroxyl groups excluding tert-OH is 2. The number of benzene rings is 1. The monoisotopic (exact) mass is 340 g/mol. The van der Waals surface area contributed by atoms with E-state index in [9.17, 15) is 10.2 Å². The van der Waals surface area contributed by atoms with Crippen molar-refractivity contribution in [3.05, 3.63) is 29.8 Å². The molecule has 3 atom stereocenters. The first-order valence-corrected chi connectivity index (χ1v) is 7.93. The molecule has 0 radical (unpaired) electrons. The first-order valence-electron chi connectivity index (χ1n) is 7.93. The lowest BCUT2D eigenvalue weighted by Gasteiger charge is -2.33. The van der Waals surface area contributed by atoms with Gasteiger partial charge in [-0.15, -0.1) is 0 Å². The minimum absolute atomic E-state index is 0.285. The zero-order valence-electron chi connectivity index (χ0n) is 14.1. The van der Waals surface area contributed by atoms with Crippen LogP contribution in [0.3, 0.4) is 0 Å². The van der Waals surface area contributed by atoms with Crippen LogP contribution in [-0.4, -0.2) is 60.4 Å². The molecule has 2 aliphatic heterocycles. The SMILES string of the molecule is COc1ccc(CO[C@@H]2[C@H]3OC(C)(C)O[C@H]3OC2(CO)CO)cc1. The van der Waals surface area contributed by atoms with Gasteiger partial charge in [-0.05, 0) is 31.5 Å². The van der Waals surface area contributed by atoms with E-state index in [1.807, 2.05) is 24.3 Å². The Morgan fingerprint density at radius 2 is 1.71 bits per heavy atom. The molecule has 0 unspecified atom stereocenters. The van der Waals surface area contributed by atoms with Crippen LogP contribution in [-0.2, 0) is 25.6 Å². The summed E-state index contributed by atoms with van der Waals surface area (Å²) >= 11 is 0. The van der Waals surface area contributed by atoms with Crippen molar-refractivity contribution < 1.29 is 33.9 Å².